The largest absolute Gasteiger partial charge is 0.488 e. The molecule has 1 fully saturated rings. The number of barbiturate groups is 1. The zero-order valence-corrected chi connectivity index (χ0v) is 19.2. The number of nitro benzene ring substituents is 1. The van der Waals surface area contributed by atoms with Crippen LogP contribution in [0, 0.1) is 10.1 Å². The molecule has 0 radical (unpaired) electrons. The van der Waals surface area contributed by atoms with Crippen LogP contribution in [0.15, 0.2) is 72.3 Å². The molecule has 176 valence electrons. The van der Waals surface area contributed by atoms with E-state index in [2.05, 4.69) is 5.32 Å². The van der Waals surface area contributed by atoms with E-state index >= 15 is 0 Å². The fourth-order valence-corrected chi connectivity index (χ4v) is 3.63. The quantitative estimate of drug-likeness (QED) is 0.211. The van der Waals surface area contributed by atoms with Crippen molar-refractivity contribution in [1.29, 1.82) is 0 Å². The minimum absolute atomic E-state index is 0.0188. The highest BCUT2D eigenvalue weighted by Crippen LogP contribution is 2.29. The lowest BCUT2D eigenvalue weighted by atomic mass is 10.1. The highest BCUT2D eigenvalue weighted by atomic mass is 35.5. The molecule has 4 amide bonds. The maximum Gasteiger partial charge on any atom is 0.335 e. The van der Waals surface area contributed by atoms with Gasteiger partial charge in [-0.05, 0) is 54.1 Å². The second kappa shape index (κ2) is 9.96. The van der Waals surface area contributed by atoms with E-state index in [1.165, 1.54) is 54.6 Å². The number of amides is 4. The molecular formula is C24H15Cl2N3O6. The zero-order valence-electron chi connectivity index (χ0n) is 17.7. The molecule has 3 aromatic carbocycles. The van der Waals surface area contributed by atoms with Crippen molar-refractivity contribution in [3.63, 3.8) is 0 Å². The van der Waals surface area contributed by atoms with E-state index in [-0.39, 0.29) is 29.3 Å². The lowest BCUT2D eigenvalue weighted by Crippen LogP contribution is -2.54. The van der Waals surface area contributed by atoms with Crippen LogP contribution < -0.4 is 15.0 Å². The molecule has 0 atom stereocenters. The van der Waals surface area contributed by atoms with Gasteiger partial charge in [0, 0.05) is 27.7 Å². The Morgan fingerprint density at radius 3 is 2.40 bits per heavy atom. The minimum Gasteiger partial charge on any atom is -0.488 e. The zero-order chi connectivity index (χ0) is 25.1. The van der Waals surface area contributed by atoms with Crippen LogP contribution in [0.2, 0.25) is 10.0 Å². The van der Waals surface area contributed by atoms with Gasteiger partial charge >= 0.3 is 6.03 Å². The number of hydrogen-bond donors (Lipinski definition) is 1. The molecule has 0 saturated carbocycles. The first-order valence-electron chi connectivity index (χ1n) is 10.1. The van der Waals surface area contributed by atoms with Gasteiger partial charge in [0.1, 0.15) is 17.9 Å². The summed E-state index contributed by atoms with van der Waals surface area (Å²) in [6, 6.07) is 15.6. The topological polar surface area (TPSA) is 119 Å². The van der Waals surface area contributed by atoms with Crippen LogP contribution in [-0.2, 0) is 16.2 Å². The lowest BCUT2D eigenvalue weighted by molar-refractivity contribution is -0.384. The molecule has 1 saturated heterocycles. The van der Waals surface area contributed by atoms with Gasteiger partial charge in [-0.3, -0.25) is 25.0 Å². The van der Waals surface area contributed by atoms with Gasteiger partial charge in [0.05, 0.1) is 10.6 Å². The Morgan fingerprint density at radius 2 is 1.69 bits per heavy atom. The molecule has 1 aliphatic heterocycles. The number of carbonyl (C=O) groups excluding carboxylic acids is 3. The molecule has 0 aliphatic carbocycles. The third-order valence-corrected chi connectivity index (χ3v) is 5.46. The number of benzene rings is 3. The maximum atomic E-state index is 13.1. The molecule has 35 heavy (non-hydrogen) atoms. The fourth-order valence-electron chi connectivity index (χ4n) is 3.32. The second-order valence-corrected chi connectivity index (χ2v) is 8.20. The van der Waals surface area contributed by atoms with Gasteiger partial charge in [0.15, 0.2) is 0 Å². The first-order chi connectivity index (χ1) is 16.7. The number of halogens is 2. The van der Waals surface area contributed by atoms with E-state index < -0.39 is 22.8 Å². The second-order valence-electron chi connectivity index (χ2n) is 7.33. The van der Waals surface area contributed by atoms with Crippen molar-refractivity contribution in [1.82, 2.24) is 5.32 Å². The van der Waals surface area contributed by atoms with Crippen molar-refractivity contribution < 1.29 is 24.0 Å². The van der Waals surface area contributed by atoms with Gasteiger partial charge in [-0.2, -0.15) is 0 Å². The van der Waals surface area contributed by atoms with Crippen LogP contribution in [-0.4, -0.2) is 22.8 Å². The molecule has 0 bridgehead atoms. The molecule has 1 heterocycles. The number of imide groups is 2. The van der Waals surface area contributed by atoms with Gasteiger partial charge in [-0.15, -0.1) is 0 Å². The Kier molecular flexibility index (Phi) is 6.81. The molecular weight excluding hydrogens is 497 g/mol. The van der Waals surface area contributed by atoms with E-state index in [0.717, 1.165) is 4.90 Å². The molecule has 0 unspecified atom stereocenters. The number of ether oxygens (including phenoxy) is 1. The summed E-state index contributed by atoms with van der Waals surface area (Å²) in [4.78, 5) is 49.3. The number of carbonyl (C=O) groups is 3. The van der Waals surface area contributed by atoms with Gasteiger partial charge in [0.25, 0.3) is 17.5 Å². The summed E-state index contributed by atoms with van der Waals surface area (Å²) < 4.78 is 5.81. The summed E-state index contributed by atoms with van der Waals surface area (Å²) in [5.41, 5.74) is 0.664. The van der Waals surface area contributed by atoms with Crippen LogP contribution in [0.5, 0.6) is 5.75 Å². The number of urea groups is 1. The molecule has 1 N–H and O–H groups in total. The smallest absolute Gasteiger partial charge is 0.335 e. The summed E-state index contributed by atoms with van der Waals surface area (Å²) in [5.74, 6) is -1.45. The van der Waals surface area contributed by atoms with Crippen LogP contribution >= 0.6 is 23.2 Å². The number of rotatable bonds is 6. The molecule has 3 aromatic rings. The fraction of sp³-hybridized carbons (Fsp3) is 0.0417. The van der Waals surface area contributed by atoms with Crippen molar-refractivity contribution in [2.24, 2.45) is 0 Å². The Morgan fingerprint density at radius 1 is 0.971 bits per heavy atom. The van der Waals surface area contributed by atoms with Crippen molar-refractivity contribution in [2.45, 2.75) is 6.61 Å². The average molecular weight is 512 g/mol. The van der Waals surface area contributed by atoms with Crippen LogP contribution in [0.3, 0.4) is 0 Å². The molecule has 11 heteroatoms. The van der Waals surface area contributed by atoms with Crippen LogP contribution in [0.25, 0.3) is 6.08 Å². The molecule has 0 spiro atoms. The van der Waals surface area contributed by atoms with E-state index in [4.69, 9.17) is 27.9 Å². The standard InChI is InChI=1S/C24H15Cl2N3O6/c25-16-4-7-18(8-5-16)28-23(31)20(22(30)27-24(28)32)12-15-11-17(26)6-9-21(15)35-13-14-2-1-3-19(10-14)29(33)34/h1-12H,13H2,(H,27,30,32)/b20-12+. The van der Waals surface area contributed by atoms with Gasteiger partial charge in [-0.25, -0.2) is 9.69 Å². The summed E-state index contributed by atoms with van der Waals surface area (Å²) >= 11 is 12.0. The van der Waals surface area contributed by atoms with Crippen LogP contribution in [0.4, 0.5) is 16.2 Å². The Balaban J connectivity index is 1.65. The third-order valence-electron chi connectivity index (χ3n) is 4.97. The molecule has 0 aromatic heterocycles. The first kappa shape index (κ1) is 23.9. The number of nitro groups is 1. The summed E-state index contributed by atoms with van der Waals surface area (Å²) in [6.45, 7) is -0.0188. The Hall–Kier alpha value is -4.21. The summed E-state index contributed by atoms with van der Waals surface area (Å²) in [7, 11) is 0. The number of non-ortho nitro benzene ring substituents is 1. The van der Waals surface area contributed by atoms with Crippen molar-refractivity contribution in [3.8, 4) is 5.75 Å². The Labute approximate surface area is 208 Å². The minimum atomic E-state index is -0.896. The van der Waals surface area contributed by atoms with Crippen LogP contribution in [0.1, 0.15) is 11.1 Å². The lowest BCUT2D eigenvalue weighted by Gasteiger charge is -2.26. The summed E-state index contributed by atoms with van der Waals surface area (Å²) in [5, 5.41) is 13.9. The van der Waals surface area contributed by atoms with Crippen molar-refractivity contribution in [3.05, 3.63) is 104 Å². The molecule has 4 rings (SSSR count). The third kappa shape index (κ3) is 5.32. The van der Waals surface area contributed by atoms with Gasteiger partial charge in [-0.1, -0.05) is 35.3 Å². The predicted octanol–water partition coefficient (Wildman–Crippen LogP) is 5.15. The SMILES string of the molecule is O=C1NC(=O)N(c2ccc(Cl)cc2)C(=O)/C1=C/c1cc(Cl)ccc1OCc1cccc([N+](=O)[O-])c1. The number of nitrogens with one attached hydrogen (secondary N) is 1. The Bertz CT molecular complexity index is 1390. The van der Waals surface area contributed by atoms with E-state index in [1.807, 2.05) is 0 Å². The summed E-state index contributed by atoms with van der Waals surface area (Å²) in [6.07, 6.45) is 1.27. The van der Waals surface area contributed by atoms with Gasteiger partial charge in [0.2, 0.25) is 0 Å². The normalized spacial score (nSPS) is 14.7. The highest BCUT2D eigenvalue weighted by molar-refractivity contribution is 6.39. The molecule has 9 nitrogen and oxygen atoms in total. The number of anilines is 1. The number of hydrogen-bond acceptors (Lipinski definition) is 6. The van der Waals surface area contributed by atoms with E-state index in [1.54, 1.807) is 18.2 Å². The van der Waals surface area contributed by atoms with E-state index in [9.17, 15) is 24.5 Å². The molecule has 1 aliphatic rings. The monoisotopic (exact) mass is 511 g/mol. The average Bonchev–Trinajstić information content (AvgIpc) is 2.82. The highest BCUT2D eigenvalue weighted by Gasteiger charge is 2.37. The maximum absolute atomic E-state index is 13.1. The van der Waals surface area contributed by atoms with E-state index in [0.29, 0.717) is 21.2 Å². The predicted molar refractivity (Wildman–Crippen MR) is 129 cm³/mol. The van der Waals surface area contributed by atoms with Crippen molar-refractivity contribution in [2.75, 3.05) is 4.90 Å². The van der Waals surface area contributed by atoms with Gasteiger partial charge < -0.3 is 4.74 Å². The number of nitrogens with zero attached hydrogens (tertiary/aromatic N) is 2. The first-order valence-corrected chi connectivity index (χ1v) is 10.8. The van der Waals surface area contributed by atoms with Crippen molar-refractivity contribution >= 4 is 58.5 Å².